The zero-order valence-corrected chi connectivity index (χ0v) is 16.6. The Hall–Kier alpha value is -0.950. The van der Waals surface area contributed by atoms with Crippen LogP contribution in [-0.2, 0) is 13.6 Å². The number of halogens is 2. The molecule has 1 aromatic rings. The van der Waals surface area contributed by atoms with Crippen molar-refractivity contribution < 1.29 is 5.11 Å². The number of hydrogen-bond donors (Lipinski definition) is 3. The Morgan fingerprint density at radius 3 is 2.64 bits per heavy atom. The molecular formula is C17H29Cl2N5O. The highest BCUT2D eigenvalue weighted by molar-refractivity contribution is 6.41. The third kappa shape index (κ3) is 6.37. The largest absolute Gasteiger partial charge is 0.393 e. The lowest BCUT2D eigenvalue weighted by atomic mass is 10.1. The van der Waals surface area contributed by atoms with Gasteiger partial charge in [0.25, 0.3) is 0 Å². The second kappa shape index (κ2) is 10.3. The maximum Gasteiger partial charge on any atom is 0.191 e. The summed E-state index contributed by atoms with van der Waals surface area (Å²) < 4.78 is 1.85. The molecule has 0 aromatic carbocycles. The number of likely N-dealkylation sites (tertiary alicyclic amines) is 1. The summed E-state index contributed by atoms with van der Waals surface area (Å²) in [5.41, 5.74) is 0.971. The molecule has 0 aliphatic carbocycles. The molecule has 1 aliphatic rings. The van der Waals surface area contributed by atoms with E-state index < -0.39 is 0 Å². The molecule has 8 heteroatoms. The van der Waals surface area contributed by atoms with Crippen molar-refractivity contribution in [2.45, 2.75) is 38.8 Å². The minimum absolute atomic E-state index is 0.110. The van der Waals surface area contributed by atoms with E-state index in [-0.39, 0.29) is 6.10 Å². The minimum atomic E-state index is -0.110. The van der Waals surface area contributed by atoms with Crippen molar-refractivity contribution in [1.29, 1.82) is 0 Å². The van der Waals surface area contributed by atoms with Gasteiger partial charge in [-0.1, -0.05) is 23.2 Å². The third-order valence-electron chi connectivity index (χ3n) is 4.46. The Morgan fingerprint density at radius 2 is 2.04 bits per heavy atom. The molecule has 1 saturated heterocycles. The first kappa shape index (κ1) is 20.4. The van der Waals surface area contributed by atoms with Gasteiger partial charge in [0.05, 0.1) is 17.7 Å². The third-order valence-corrected chi connectivity index (χ3v) is 5.30. The molecule has 1 aliphatic heterocycles. The zero-order valence-electron chi connectivity index (χ0n) is 15.1. The lowest BCUT2D eigenvalue weighted by molar-refractivity contribution is 0.0823. The monoisotopic (exact) mass is 389 g/mol. The molecule has 1 fully saturated rings. The van der Waals surface area contributed by atoms with E-state index in [2.05, 4.69) is 20.5 Å². The molecular weight excluding hydrogens is 361 g/mol. The van der Waals surface area contributed by atoms with Crippen molar-refractivity contribution >= 4 is 29.2 Å². The summed E-state index contributed by atoms with van der Waals surface area (Å²) in [6.07, 6.45) is 2.71. The Morgan fingerprint density at radius 1 is 1.32 bits per heavy atom. The van der Waals surface area contributed by atoms with E-state index in [1.54, 1.807) is 0 Å². The Balaban J connectivity index is 1.76. The van der Waals surface area contributed by atoms with Crippen LogP contribution >= 0.6 is 23.2 Å². The summed E-state index contributed by atoms with van der Waals surface area (Å²) in [6, 6.07) is 1.85. The summed E-state index contributed by atoms with van der Waals surface area (Å²) in [6.45, 7) is 7.26. The molecule has 0 atom stereocenters. The Labute approximate surface area is 160 Å². The number of guanidine groups is 1. The average molecular weight is 390 g/mol. The molecule has 0 saturated carbocycles. The van der Waals surface area contributed by atoms with Crippen LogP contribution in [-0.4, -0.2) is 59.4 Å². The van der Waals surface area contributed by atoms with Crippen molar-refractivity contribution in [1.82, 2.24) is 20.1 Å². The van der Waals surface area contributed by atoms with Gasteiger partial charge in [-0.25, -0.2) is 4.99 Å². The van der Waals surface area contributed by atoms with Crippen LogP contribution in [0.4, 0.5) is 0 Å². The Bertz CT molecular complexity index is 568. The zero-order chi connectivity index (χ0) is 18.2. The lowest BCUT2D eigenvalue weighted by Crippen LogP contribution is -2.40. The molecule has 3 N–H and O–H groups in total. The van der Waals surface area contributed by atoms with Crippen LogP contribution < -0.4 is 10.6 Å². The molecule has 142 valence electrons. The van der Waals surface area contributed by atoms with Gasteiger partial charge in [-0.15, -0.1) is 0 Å². The molecule has 1 aromatic heterocycles. The van der Waals surface area contributed by atoms with E-state index in [4.69, 9.17) is 23.2 Å². The fourth-order valence-corrected chi connectivity index (χ4v) is 3.31. The van der Waals surface area contributed by atoms with Crippen LogP contribution in [0.2, 0.25) is 10.2 Å². The van der Waals surface area contributed by atoms with Gasteiger partial charge in [0.2, 0.25) is 0 Å². The molecule has 0 radical (unpaired) electrons. The van der Waals surface area contributed by atoms with Crippen LogP contribution in [0.5, 0.6) is 0 Å². The maximum absolute atomic E-state index is 9.54. The summed E-state index contributed by atoms with van der Waals surface area (Å²) in [4.78, 5) is 7.01. The van der Waals surface area contributed by atoms with Crippen LogP contribution in [0.25, 0.3) is 0 Å². The van der Waals surface area contributed by atoms with Gasteiger partial charge in [-0.05, 0) is 38.8 Å². The van der Waals surface area contributed by atoms with Crippen LogP contribution in [0.15, 0.2) is 11.1 Å². The number of rotatable bonds is 7. The number of nitrogens with zero attached hydrogens (tertiary/aromatic N) is 3. The van der Waals surface area contributed by atoms with Crippen molar-refractivity contribution in [2.75, 3.05) is 32.7 Å². The van der Waals surface area contributed by atoms with Gasteiger partial charge in [-0.3, -0.25) is 0 Å². The van der Waals surface area contributed by atoms with Crippen molar-refractivity contribution in [3.05, 3.63) is 21.9 Å². The second-order valence-electron chi connectivity index (χ2n) is 6.38. The smallest absolute Gasteiger partial charge is 0.191 e. The quantitative estimate of drug-likeness (QED) is 0.380. The molecule has 0 unspecified atom stereocenters. The molecule has 0 amide bonds. The highest BCUT2D eigenvalue weighted by Crippen LogP contribution is 2.25. The van der Waals surface area contributed by atoms with Gasteiger partial charge in [0.1, 0.15) is 5.15 Å². The molecule has 0 bridgehead atoms. The van der Waals surface area contributed by atoms with E-state index in [1.807, 2.05) is 24.6 Å². The van der Waals surface area contributed by atoms with E-state index in [0.29, 0.717) is 16.7 Å². The van der Waals surface area contributed by atoms with E-state index in [0.717, 1.165) is 63.6 Å². The van der Waals surface area contributed by atoms with Crippen molar-refractivity contribution in [3.63, 3.8) is 0 Å². The van der Waals surface area contributed by atoms with Gasteiger partial charge in [0, 0.05) is 38.9 Å². The van der Waals surface area contributed by atoms with Gasteiger partial charge in [-0.2, -0.15) is 0 Å². The summed E-state index contributed by atoms with van der Waals surface area (Å²) >= 11 is 12.1. The molecule has 6 nitrogen and oxygen atoms in total. The SMILES string of the molecule is CCNC(=NCc1cc(Cl)c(Cl)n1C)NCCCN1CCC(O)CC1. The molecule has 25 heavy (non-hydrogen) atoms. The molecule has 2 rings (SSSR count). The lowest BCUT2D eigenvalue weighted by Gasteiger charge is -2.29. The van der Waals surface area contributed by atoms with Crippen LogP contribution in [0, 0.1) is 0 Å². The minimum Gasteiger partial charge on any atom is -0.393 e. The number of aliphatic imine (C=N–C) groups is 1. The summed E-state index contributed by atoms with van der Waals surface area (Å²) in [7, 11) is 1.88. The fourth-order valence-electron chi connectivity index (χ4n) is 2.89. The fraction of sp³-hybridized carbons (Fsp3) is 0.706. The number of aromatic nitrogens is 1. The van der Waals surface area contributed by atoms with Crippen LogP contribution in [0.1, 0.15) is 31.9 Å². The average Bonchev–Trinajstić information content (AvgIpc) is 2.85. The number of nitrogens with one attached hydrogen (secondary N) is 2. The normalized spacial score (nSPS) is 17.1. The van der Waals surface area contributed by atoms with Gasteiger partial charge in [0.15, 0.2) is 5.96 Å². The van der Waals surface area contributed by atoms with E-state index in [1.165, 1.54) is 0 Å². The molecule has 2 heterocycles. The van der Waals surface area contributed by atoms with Crippen LogP contribution in [0.3, 0.4) is 0 Å². The standard InChI is InChI=1S/C17H29Cl2N5O/c1-3-20-17(22-12-13-11-15(18)16(19)23(13)2)21-7-4-8-24-9-5-14(25)6-10-24/h11,14,25H,3-10,12H2,1-2H3,(H2,20,21,22). The van der Waals surface area contributed by atoms with E-state index in [9.17, 15) is 5.11 Å². The number of hydrogen-bond acceptors (Lipinski definition) is 3. The second-order valence-corrected chi connectivity index (χ2v) is 7.15. The Kier molecular flexibility index (Phi) is 8.36. The highest BCUT2D eigenvalue weighted by Gasteiger charge is 2.16. The number of aliphatic hydroxyl groups excluding tert-OH is 1. The topological polar surface area (TPSA) is 64.8 Å². The first-order valence-electron chi connectivity index (χ1n) is 8.93. The molecule has 0 spiro atoms. The summed E-state index contributed by atoms with van der Waals surface area (Å²) in [5.74, 6) is 0.796. The number of aliphatic hydroxyl groups is 1. The highest BCUT2D eigenvalue weighted by atomic mass is 35.5. The van der Waals surface area contributed by atoms with E-state index >= 15 is 0 Å². The van der Waals surface area contributed by atoms with Crippen molar-refractivity contribution in [2.24, 2.45) is 12.0 Å². The predicted molar refractivity (Wildman–Crippen MR) is 105 cm³/mol. The van der Waals surface area contributed by atoms with Gasteiger partial charge < -0.3 is 25.2 Å². The summed E-state index contributed by atoms with van der Waals surface area (Å²) in [5, 5.41) is 17.3. The first-order chi connectivity index (χ1) is 12.0. The predicted octanol–water partition coefficient (Wildman–Crippen LogP) is 2.23. The first-order valence-corrected chi connectivity index (χ1v) is 9.69. The number of piperidine rings is 1. The maximum atomic E-state index is 9.54. The van der Waals surface area contributed by atoms with Crippen molar-refractivity contribution in [3.8, 4) is 0 Å². The van der Waals surface area contributed by atoms with Gasteiger partial charge >= 0.3 is 0 Å².